The van der Waals surface area contributed by atoms with Crippen LogP contribution in [0.25, 0.3) is 0 Å². The number of aliphatic hydroxyl groups excluding tert-OH is 1. The number of ether oxygens (including phenoxy) is 1. The molecule has 0 bridgehead atoms. The van der Waals surface area contributed by atoms with Crippen molar-refractivity contribution in [2.75, 3.05) is 0 Å². The van der Waals surface area contributed by atoms with Gasteiger partial charge in [0.05, 0.1) is 6.10 Å². The molecule has 3 aliphatic carbocycles. The number of rotatable bonds is 4. The normalized spacial score (nSPS) is 35.3. The minimum Gasteiger partial charge on any atom is -0.489 e. The van der Waals surface area contributed by atoms with Gasteiger partial charge in [0.1, 0.15) is 18.6 Å². The first-order valence-electron chi connectivity index (χ1n) is 11.0. The number of aldehydes is 1. The number of carbonyl (C=O) groups is 1. The molecule has 6 atom stereocenters. The van der Waals surface area contributed by atoms with E-state index in [4.69, 9.17) is 4.74 Å². The summed E-state index contributed by atoms with van der Waals surface area (Å²) in [4.78, 5) is 12.1. The largest absolute Gasteiger partial charge is 0.489 e. The highest BCUT2D eigenvalue weighted by atomic mass is 16.5. The fourth-order valence-electron chi connectivity index (χ4n) is 6.61. The highest BCUT2D eigenvalue weighted by Gasteiger charge is 2.56. The summed E-state index contributed by atoms with van der Waals surface area (Å²) in [6.07, 6.45) is 5.83. The van der Waals surface area contributed by atoms with Gasteiger partial charge in [0.25, 0.3) is 0 Å². The summed E-state index contributed by atoms with van der Waals surface area (Å²) in [6.45, 7) is 2.81. The van der Waals surface area contributed by atoms with E-state index in [0.717, 1.165) is 43.4 Å². The van der Waals surface area contributed by atoms with Gasteiger partial charge >= 0.3 is 0 Å². The van der Waals surface area contributed by atoms with Crippen LogP contribution in [0.4, 0.5) is 0 Å². The van der Waals surface area contributed by atoms with Gasteiger partial charge < -0.3 is 14.6 Å². The molecule has 0 aromatic heterocycles. The molecule has 0 saturated heterocycles. The van der Waals surface area contributed by atoms with Gasteiger partial charge in [0.15, 0.2) is 0 Å². The molecule has 1 N–H and O–H groups in total. The maximum Gasteiger partial charge on any atom is 0.123 e. The van der Waals surface area contributed by atoms with Crippen molar-refractivity contribution in [2.45, 2.75) is 57.7 Å². The van der Waals surface area contributed by atoms with Crippen molar-refractivity contribution in [1.82, 2.24) is 0 Å². The monoisotopic (exact) mass is 390 g/mol. The topological polar surface area (TPSA) is 46.5 Å². The zero-order chi connectivity index (χ0) is 20.0. The second-order valence-corrected chi connectivity index (χ2v) is 9.57. The maximum atomic E-state index is 12.1. The van der Waals surface area contributed by atoms with Crippen LogP contribution in [0.15, 0.2) is 48.5 Å². The first-order chi connectivity index (χ1) is 14.1. The van der Waals surface area contributed by atoms with Crippen LogP contribution >= 0.6 is 0 Å². The maximum absolute atomic E-state index is 12.1. The van der Waals surface area contributed by atoms with E-state index in [2.05, 4.69) is 37.3 Å². The van der Waals surface area contributed by atoms with Crippen molar-refractivity contribution in [3.8, 4) is 5.75 Å². The van der Waals surface area contributed by atoms with Crippen molar-refractivity contribution in [1.29, 1.82) is 0 Å². The van der Waals surface area contributed by atoms with E-state index in [1.165, 1.54) is 17.4 Å². The van der Waals surface area contributed by atoms with Gasteiger partial charge in [0.2, 0.25) is 0 Å². The average molecular weight is 391 g/mol. The number of carbonyl (C=O) groups excluding carboxylic acids is 1. The van der Waals surface area contributed by atoms with Crippen molar-refractivity contribution in [3.63, 3.8) is 0 Å². The molecule has 3 heteroatoms. The molecule has 29 heavy (non-hydrogen) atoms. The van der Waals surface area contributed by atoms with Crippen molar-refractivity contribution in [3.05, 3.63) is 65.2 Å². The molecular weight excluding hydrogens is 360 g/mol. The van der Waals surface area contributed by atoms with E-state index in [0.29, 0.717) is 24.4 Å². The number of hydrogen-bond acceptors (Lipinski definition) is 3. The molecule has 3 nitrogen and oxygen atoms in total. The summed E-state index contributed by atoms with van der Waals surface area (Å²) >= 11 is 0. The third kappa shape index (κ3) is 3.11. The molecule has 3 aliphatic rings. The molecule has 0 spiro atoms. The number of benzene rings is 2. The molecule has 0 heterocycles. The van der Waals surface area contributed by atoms with Gasteiger partial charge in [-0.25, -0.2) is 0 Å². The number of hydrogen-bond donors (Lipinski definition) is 1. The lowest BCUT2D eigenvalue weighted by molar-refractivity contribution is -0.117. The lowest BCUT2D eigenvalue weighted by Gasteiger charge is -2.52. The quantitative estimate of drug-likeness (QED) is 0.755. The van der Waals surface area contributed by atoms with Crippen LogP contribution in [0.2, 0.25) is 0 Å². The van der Waals surface area contributed by atoms with Crippen LogP contribution in [-0.4, -0.2) is 17.5 Å². The zero-order valence-electron chi connectivity index (χ0n) is 17.1. The second-order valence-electron chi connectivity index (χ2n) is 9.57. The third-order valence-corrected chi connectivity index (χ3v) is 8.17. The molecule has 5 rings (SSSR count). The predicted molar refractivity (Wildman–Crippen MR) is 113 cm³/mol. The van der Waals surface area contributed by atoms with Crippen LogP contribution in [-0.2, 0) is 17.8 Å². The standard InChI is InChI=1S/C26H30O3/c1-26-12-11-22-21-8-7-20(29-16-17-5-3-2-4-6-17)14-18(21)13-19(15-27)25(22)23(26)9-10-24(26)28/h2-8,14-15,19,22-25,28H,9-13,16H2,1H3/t19-,22+,23-,24-,25+,26-/m0/s1. The Morgan fingerprint density at radius 3 is 2.76 bits per heavy atom. The molecule has 2 fully saturated rings. The lowest BCUT2D eigenvalue weighted by atomic mass is 9.53. The Kier molecular flexibility index (Phi) is 4.74. The van der Waals surface area contributed by atoms with E-state index in [9.17, 15) is 9.90 Å². The second kappa shape index (κ2) is 7.28. The average Bonchev–Trinajstić information content (AvgIpc) is 3.06. The first-order valence-corrected chi connectivity index (χ1v) is 11.0. The number of fused-ring (bicyclic) bond motifs is 5. The molecule has 0 amide bonds. The van der Waals surface area contributed by atoms with Crippen LogP contribution in [0.1, 0.15) is 55.2 Å². The Hall–Kier alpha value is -2.13. The first kappa shape index (κ1) is 18.9. The fraction of sp³-hybridized carbons (Fsp3) is 0.500. The van der Waals surface area contributed by atoms with Crippen LogP contribution in [0, 0.1) is 23.2 Å². The van der Waals surface area contributed by atoms with Crippen molar-refractivity contribution < 1.29 is 14.6 Å². The van der Waals surface area contributed by atoms with Gasteiger partial charge in [-0.3, -0.25) is 0 Å². The summed E-state index contributed by atoms with van der Waals surface area (Å²) in [6, 6.07) is 16.7. The Morgan fingerprint density at radius 2 is 1.97 bits per heavy atom. The van der Waals surface area contributed by atoms with Gasteiger partial charge in [-0.05, 0) is 84.1 Å². The Labute approximate surface area is 173 Å². The summed E-state index contributed by atoms with van der Waals surface area (Å²) in [5.41, 5.74) is 3.82. The zero-order valence-corrected chi connectivity index (χ0v) is 17.1. The minimum absolute atomic E-state index is 0.0152. The molecular formula is C26H30O3. The molecule has 0 aliphatic heterocycles. The molecule has 0 radical (unpaired) electrons. The number of aliphatic hydroxyl groups is 1. The highest BCUT2D eigenvalue weighted by Crippen LogP contribution is 2.61. The Balaban J connectivity index is 1.41. The minimum atomic E-state index is -0.212. The Bertz CT molecular complexity index is 892. The van der Waals surface area contributed by atoms with Crippen molar-refractivity contribution in [2.24, 2.45) is 23.2 Å². The summed E-state index contributed by atoms with van der Waals surface area (Å²) < 4.78 is 6.04. The molecule has 152 valence electrons. The molecule has 2 saturated carbocycles. The van der Waals surface area contributed by atoms with Gasteiger partial charge in [0, 0.05) is 5.92 Å². The van der Waals surface area contributed by atoms with Gasteiger partial charge in [-0.1, -0.05) is 43.3 Å². The fourth-order valence-corrected chi connectivity index (χ4v) is 6.61. The molecule has 2 aromatic rings. The van der Waals surface area contributed by atoms with E-state index in [-0.39, 0.29) is 17.4 Å². The van der Waals surface area contributed by atoms with Crippen LogP contribution < -0.4 is 4.74 Å². The smallest absolute Gasteiger partial charge is 0.123 e. The van der Waals surface area contributed by atoms with E-state index < -0.39 is 0 Å². The van der Waals surface area contributed by atoms with Gasteiger partial charge in [-0.2, -0.15) is 0 Å². The molecule has 2 aromatic carbocycles. The summed E-state index contributed by atoms with van der Waals surface area (Å²) in [7, 11) is 0. The van der Waals surface area contributed by atoms with Crippen LogP contribution in [0.5, 0.6) is 5.75 Å². The highest BCUT2D eigenvalue weighted by molar-refractivity contribution is 5.58. The SMILES string of the molecule is C[C@]12CC[C@@H]3c4ccc(OCc5ccccc5)cc4C[C@@H](C=O)[C@H]3[C@@H]1CC[C@@H]2O. The summed E-state index contributed by atoms with van der Waals surface area (Å²) in [5, 5.41) is 10.6. The van der Waals surface area contributed by atoms with Crippen LogP contribution in [0.3, 0.4) is 0 Å². The van der Waals surface area contributed by atoms with E-state index >= 15 is 0 Å². The molecule has 0 unspecified atom stereocenters. The van der Waals surface area contributed by atoms with Gasteiger partial charge in [-0.15, -0.1) is 0 Å². The third-order valence-electron chi connectivity index (χ3n) is 8.17. The summed E-state index contributed by atoms with van der Waals surface area (Å²) in [5.74, 6) is 2.18. The predicted octanol–water partition coefficient (Wildman–Crippen LogP) is 4.91. The van der Waals surface area contributed by atoms with E-state index in [1.54, 1.807) is 0 Å². The lowest BCUT2D eigenvalue weighted by Crippen LogP contribution is -2.47. The Morgan fingerprint density at radius 1 is 1.14 bits per heavy atom. The van der Waals surface area contributed by atoms with E-state index in [1.807, 2.05) is 18.2 Å². The van der Waals surface area contributed by atoms with Crippen molar-refractivity contribution >= 4 is 6.29 Å².